The van der Waals surface area contributed by atoms with Crippen LogP contribution in [0.15, 0.2) is 146 Å². The molecule has 0 radical (unpaired) electrons. The van der Waals surface area contributed by atoms with Crippen molar-refractivity contribution in [2.45, 2.75) is 152 Å². The average Bonchev–Trinajstić information content (AvgIpc) is 4.17. The van der Waals surface area contributed by atoms with Gasteiger partial charge in [0, 0.05) is 51.9 Å². The standard InChI is InChI=1S/C68H71N4.Pt/c1-70(59-37-20-35-55(43-59)65-39-22-41-71(65)66-61(51-27-12-4-13-28-51)45-57(49-23-8-2-9-24-49)46-62(66)52-29-14-5-15-30-52)60-38-21-36-56(44-60)68-69-40-42-72(68)67-63(53-31-16-6-17-32-53)47-58(50-25-10-3-11-26-50)48-64(67)54-33-18-7-19-34-54;/h2-3,8-11,20-26,35-38,40-42,45-48,51-54H,4-7,12-19,27-34H2,1H3;/q-3;. The van der Waals surface area contributed by atoms with Gasteiger partial charge in [0.2, 0.25) is 0 Å². The normalized spacial score (nSPS) is 17.3. The Bertz CT molecular complexity index is 2800. The molecule has 0 N–H and O–H groups in total. The SMILES string of the molecule is CN(c1[c-]c(-c2[c-]ccn2-c2c(C3CCCCC3)cc(-c3ccccc3)cc2C2CCCCC2)ccc1)c1[c-]c(-c2nccn2-c2c(C3CCCCC3)cc(-c3ccccc3)cc2C2CCCCC2)ccc1.[Pt]. The molecule has 376 valence electrons. The van der Waals surface area contributed by atoms with E-state index in [1.54, 1.807) is 0 Å². The maximum absolute atomic E-state index is 5.18. The van der Waals surface area contributed by atoms with Crippen LogP contribution in [0, 0.1) is 18.2 Å². The second kappa shape index (κ2) is 22.8. The summed E-state index contributed by atoms with van der Waals surface area (Å²) in [6.07, 6.45) is 32.2. The fourth-order valence-corrected chi connectivity index (χ4v) is 13.5. The fraction of sp³-hybridized carbons (Fsp3) is 0.368. The quantitative estimate of drug-likeness (QED) is 0.114. The van der Waals surface area contributed by atoms with Gasteiger partial charge in [-0.05, 0) is 149 Å². The van der Waals surface area contributed by atoms with E-state index in [1.807, 2.05) is 6.20 Å². The summed E-state index contributed by atoms with van der Waals surface area (Å²) in [5, 5.41) is 0. The summed E-state index contributed by atoms with van der Waals surface area (Å²) in [4.78, 5) is 7.43. The Morgan fingerprint density at radius 3 is 1.30 bits per heavy atom. The van der Waals surface area contributed by atoms with Gasteiger partial charge in [0.05, 0.1) is 5.82 Å². The fourth-order valence-electron chi connectivity index (χ4n) is 13.5. The van der Waals surface area contributed by atoms with Crippen LogP contribution >= 0.6 is 0 Å². The molecular weight excluding hydrogens is 1070 g/mol. The third kappa shape index (κ3) is 10.4. The summed E-state index contributed by atoms with van der Waals surface area (Å²) in [6, 6.07) is 59.3. The van der Waals surface area contributed by atoms with Crippen LogP contribution in [0.2, 0.25) is 0 Å². The van der Waals surface area contributed by atoms with E-state index in [-0.39, 0.29) is 21.1 Å². The molecule has 5 heteroatoms. The number of rotatable bonds is 12. The first-order chi connectivity index (χ1) is 35.6. The van der Waals surface area contributed by atoms with Crippen molar-refractivity contribution >= 4 is 11.4 Å². The Balaban J connectivity index is 0.00000574. The van der Waals surface area contributed by atoms with Gasteiger partial charge in [0.15, 0.2) is 0 Å². The zero-order chi connectivity index (χ0) is 48.2. The molecular formula is C68H71N4Pt-3. The summed E-state index contributed by atoms with van der Waals surface area (Å²) in [7, 11) is 2.16. The minimum Gasteiger partial charge on any atom is -0.433 e. The van der Waals surface area contributed by atoms with Crippen LogP contribution in [0.3, 0.4) is 0 Å². The third-order valence-electron chi connectivity index (χ3n) is 17.3. The zero-order valence-corrected chi connectivity index (χ0v) is 45.2. The topological polar surface area (TPSA) is 26.0 Å². The molecule has 4 aliphatic carbocycles. The van der Waals surface area contributed by atoms with Crippen molar-refractivity contribution in [1.82, 2.24) is 14.1 Å². The predicted octanol–water partition coefficient (Wildman–Crippen LogP) is 18.7. The Morgan fingerprint density at radius 1 is 0.438 bits per heavy atom. The number of anilines is 2. The van der Waals surface area contributed by atoms with Crippen molar-refractivity contribution in [3.8, 4) is 56.3 Å². The first-order valence-electron chi connectivity index (χ1n) is 28.0. The summed E-state index contributed by atoms with van der Waals surface area (Å²) in [6.45, 7) is 0. The molecule has 4 saturated carbocycles. The molecule has 8 aromatic rings. The molecule has 2 aromatic heterocycles. The molecule has 6 aromatic carbocycles. The van der Waals surface area contributed by atoms with Gasteiger partial charge in [-0.1, -0.05) is 150 Å². The predicted molar refractivity (Wildman–Crippen MR) is 299 cm³/mol. The van der Waals surface area contributed by atoms with Crippen molar-refractivity contribution < 1.29 is 21.1 Å². The summed E-state index contributed by atoms with van der Waals surface area (Å²) in [5.41, 5.74) is 19.3. The average molecular weight is 1140 g/mol. The maximum Gasteiger partial charge on any atom is 0.0603 e. The van der Waals surface area contributed by atoms with Gasteiger partial charge in [0.25, 0.3) is 0 Å². The first-order valence-corrected chi connectivity index (χ1v) is 28.0. The maximum atomic E-state index is 5.18. The summed E-state index contributed by atoms with van der Waals surface area (Å²) < 4.78 is 4.95. The van der Waals surface area contributed by atoms with Crippen LogP contribution in [0.1, 0.15) is 174 Å². The minimum absolute atomic E-state index is 0. The van der Waals surface area contributed by atoms with Crippen molar-refractivity contribution in [3.05, 3.63) is 186 Å². The van der Waals surface area contributed by atoms with E-state index in [4.69, 9.17) is 4.98 Å². The monoisotopic (exact) mass is 1140 g/mol. The second-order valence-corrected chi connectivity index (χ2v) is 21.8. The molecule has 2 heterocycles. The Hall–Kier alpha value is -5.70. The van der Waals surface area contributed by atoms with Crippen LogP contribution in [0.5, 0.6) is 0 Å². The van der Waals surface area contributed by atoms with Gasteiger partial charge in [0.1, 0.15) is 0 Å². The van der Waals surface area contributed by atoms with Crippen molar-refractivity contribution in [1.29, 1.82) is 0 Å². The number of nitrogens with zero attached hydrogens (tertiary/aromatic N) is 4. The van der Waals surface area contributed by atoms with Gasteiger partial charge in [-0.25, -0.2) is 11.6 Å². The Kier molecular flexibility index (Phi) is 15.5. The first kappa shape index (κ1) is 49.5. The van der Waals surface area contributed by atoms with Crippen LogP contribution in [-0.2, 0) is 21.1 Å². The van der Waals surface area contributed by atoms with Crippen molar-refractivity contribution in [2.75, 3.05) is 11.9 Å². The zero-order valence-electron chi connectivity index (χ0n) is 42.9. The number of imidazole rings is 1. The molecule has 0 spiro atoms. The Morgan fingerprint density at radius 2 is 0.849 bits per heavy atom. The molecule has 0 amide bonds. The number of aromatic nitrogens is 3. The smallest absolute Gasteiger partial charge is 0.0603 e. The van der Waals surface area contributed by atoms with Crippen LogP contribution in [0.25, 0.3) is 56.3 Å². The molecule has 73 heavy (non-hydrogen) atoms. The molecule has 4 fully saturated rings. The van der Waals surface area contributed by atoms with Crippen LogP contribution < -0.4 is 4.90 Å². The Labute approximate surface area is 450 Å². The number of hydrogen-bond donors (Lipinski definition) is 0. The number of benzene rings is 6. The van der Waals surface area contributed by atoms with E-state index in [0.717, 1.165) is 34.0 Å². The van der Waals surface area contributed by atoms with Crippen LogP contribution in [0.4, 0.5) is 11.4 Å². The summed E-state index contributed by atoms with van der Waals surface area (Å²) in [5.74, 6) is 3.10. The van der Waals surface area contributed by atoms with E-state index in [9.17, 15) is 0 Å². The third-order valence-corrected chi connectivity index (χ3v) is 17.3. The summed E-state index contributed by atoms with van der Waals surface area (Å²) >= 11 is 0. The van der Waals surface area contributed by atoms with E-state index in [2.05, 4.69) is 179 Å². The van der Waals surface area contributed by atoms with E-state index < -0.39 is 0 Å². The van der Waals surface area contributed by atoms with Crippen molar-refractivity contribution in [2.24, 2.45) is 0 Å². The van der Waals surface area contributed by atoms with Crippen LogP contribution in [-0.4, -0.2) is 21.2 Å². The molecule has 0 aliphatic heterocycles. The number of hydrogen-bond acceptors (Lipinski definition) is 2. The van der Waals surface area contributed by atoms with Gasteiger partial charge >= 0.3 is 0 Å². The molecule has 0 atom stereocenters. The van der Waals surface area contributed by atoms with Gasteiger partial charge < -0.3 is 14.0 Å². The van der Waals surface area contributed by atoms with Gasteiger partial charge in [-0.2, -0.15) is 30.0 Å². The molecule has 12 rings (SSSR count). The molecule has 0 bridgehead atoms. The van der Waals surface area contributed by atoms with Gasteiger partial charge in [-0.3, -0.25) is 4.98 Å². The molecule has 0 saturated heterocycles. The molecule has 0 unspecified atom stereocenters. The largest absolute Gasteiger partial charge is 0.433 e. The van der Waals surface area contributed by atoms with Gasteiger partial charge in [-0.15, -0.1) is 35.9 Å². The molecule has 4 nitrogen and oxygen atoms in total. The van der Waals surface area contributed by atoms with E-state index in [0.29, 0.717) is 23.7 Å². The molecule has 4 aliphatic rings. The minimum atomic E-state index is 0. The van der Waals surface area contributed by atoms with Crippen molar-refractivity contribution in [3.63, 3.8) is 0 Å². The van der Waals surface area contributed by atoms with E-state index in [1.165, 1.54) is 184 Å². The second-order valence-electron chi connectivity index (χ2n) is 21.8. The van der Waals surface area contributed by atoms with E-state index >= 15 is 0 Å².